The Balaban J connectivity index is 1.97. The van der Waals surface area contributed by atoms with Crippen molar-refractivity contribution in [3.05, 3.63) is 58.0 Å². The zero-order chi connectivity index (χ0) is 13.0. The number of thioether (sulfide) groups is 1. The number of hydrogen-bond donors (Lipinski definition) is 0. The molecule has 0 saturated carbocycles. The van der Waals surface area contributed by atoms with Gasteiger partial charge in [-0.05, 0) is 25.3 Å². The third-order valence-corrected chi connectivity index (χ3v) is 4.22. The van der Waals surface area contributed by atoms with Crippen LogP contribution in [0.15, 0.2) is 45.5 Å². The fourth-order valence-electron chi connectivity index (χ4n) is 1.35. The zero-order valence-corrected chi connectivity index (χ0v) is 11.8. The lowest BCUT2D eigenvalue weighted by Gasteiger charge is -1.96. The maximum Gasteiger partial charge on any atom is 0.186 e. The second-order valence-electron chi connectivity index (χ2n) is 3.91. The molecule has 0 aliphatic heterocycles. The average molecular weight is 275 g/mol. The van der Waals surface area contributed by atoms with Crippen LogP contribution >= 0.6 is 23.1 Å². The molecule has 92 valence electrons. The minimum atomic E-state index is 0.0239. The van der Waals surface area contributed by atoms with E-state index in [0.717, 1.165) is 15.6 Å². The van der Waals surface area contributed by atoms with E-state index >= 15 is 0 Å². The highest BCUT2D eigenvalue weighted by atomic mass is 32.2. The van der Waals surface area contributed by atoms with Crippen LogP contribution in [0.1, 0.15) is 21.6 Å². The first-order valence-corrected chi connectivity index (χ1v) is 7.27. The predicted octanol–water partition coefficient (Wildman–Crippen LogP) is 4.25. The summed E-state index contributed by atoms with van der Waals surface area (Å²) < 4.78 is 0.959. The third kappa shape index (κ3) is 3.55. The van der Waals surface area contributed by atoms with E-state index in [4.69, 9.17) is 0 Å². The molecule has 2 aromatic rings. The molecular formula is C14H13NOS2. The maximum atomic E-state index is 11.8. The van der Waals surface area contributed by atoms with E-state index < -0.39 is 0 Å². The Morgan fingerprint density at radius 1 is 1.28 bits per heavy atom. The number of allylic oxidation sites excluding steroid dienone is 1. The Kier molecular flexibility index (Phi) is 4.33. The normalized spacial score (nSPS) is 11.0. The molecule has 0 aliphatic carbocycles. The molecule has 0 spiro atoms. The number of hydrogen-bond acceptors (Lipinski definition) is 4. The molecule has 18 heavy (non-hydrogen) atoms. The molecule has 0 fully saturated rings. The minimum absolute atomic E-state index is 0.0239. The van der Waals surface area contributed by atoms with Crippen molar-refractivity contribution in [2.45, 2.75) is 18.2 Å². The monoisotopic (exact) mass is 275 g/mol. The summed E-state index contributed by atoms with van der Waals surface area (Å²) in [4.78, 5) is 16.1. The summed E-state index contributed by atoms with van der Waals surface area (Å²) in [6.07, 6.45) is 1.59. The van der Waals surface area contributed by atoms with Gasteiger partial charge in [0, 0.05) is 16.6 Å². The van der Waals surface area contributed by atoms with Crippen molar-refractivity contribution in [2.24, 2.45) is 0 Å². The maximum absolute atomic E-state index is 11.8. The summed E-state index contributed by atoms with van der Waals surface area (Å²) in [6, 6.07) is 7.58. The van der Waals surface area contributed by atoms with Gasteiger partial charge in [0.25, 0.3) is 0 Å². The van der Waals surface area contributed by atoms with Gasteiger partial charge in [0.15, 0.2) is 10.1 Å². The van der Waals surface area contributed by atoms with E-state index in [0.29, 0.717) is 5.56 Å². The van der Waals surface area contributed by atoms with Crippen molar-refractivity contribution in [1.82, 2.24) is 4.98 Å². The van der Waals surface area contributed by atoms with E-state index in [1.807, 2.05) is 43.5 Å². The standard InChI is InChI=1S/C14H13NOS2/c1-10-3-5-12(6-4-10)13(16)7-8-17-14-15-11(2)9-18-14/h3-9H,1-2H3/b8-7+. The van der Waals surface area contributed by atoms with Crippen molar-refractivity contribution >= 4 is 28.9 Å². The SMILES string of the molecule is Cc1ccc(C(=O)/C=C/Sc2nc(C)cs2)cc1. The van der Waals surface area contributed by atoms with Gasteiger partial charge in [-0.15, -0.1) is 11.3 Å². The van der Waals surface area contributed by atoms with Gasteiger partial charge < -0.3 is 0 Å². The first-order valence-electron chi connectivity index (χ1n) is 5.51. The fourth-order valence-corrected chi connectivity index (χ4v) is 2.91. The number of ketones is 1. The van der Waals surface area contributed by atoms with Gasteiger partial charge >= 0.3 is 0 Å². The van der Waals surface area contributed by atoms with Crippen LogP contribution in [0.25, 0.3) is 0 Å². The van der Waals surface area contributed by atoms with Crippen molar-refractivity contribution < 1.29 is 4.79 Å². The molecule has 1 aromatic heterocycles. The van der Waals surface area contributed by atoms with Crippen LogP contribution in [0.5, 0.6) is 0 Å². The van der Waals surface area contributed by atoms with Crippen molar-refractivity contribution in [2.75, 3.05) is 0 Å². The fraction of sp³-hybridized carbons (Fsp3) is 0.143. The molecule has 0 N–H and O–H groups in total. The number of rotatable bonds is 4. The average Bonchev–Trinajstić information content (AvgIpc) is 2.76. The lowest BCUT2D eigenvalue weighted by Crippen LogP contribution is -1.93. The number of benzene rings is 1. The lowest BCUT2D eigenvalue weighted by molar-refractivity contribution is 0.104. The Morgan fingerprint density at radius 3 is 2.61 bits per heavy atom. The van der Waals surface area contributed by atoms with Crippen LogP contribution in [0.2, 0.25) is 0 Å². The third-order valence-electron chi connectivity index (χ3n) is 2.32. The number of carbonyl (C=O) groups excluding carboxylic acids is 1. The van der Waals surface area contributed by atoms with E-state index in [1.165, 1.54) is 11.8 Å². The minimum Gasteiger partial charge on any atom is -0.289 e. The second kappa shape index (κ2) is 5.98. The molecule has 0 bridgehead atoms. The van der Waals surface area contributed by atoms with Crippen LogP contribution in [-0.4, -0.2) is 10.8 Å². The Morgan fingerprint density at radius 2 is 2.00 bits per heavy atom. The highest BCUT2D eigenvalue weighted by Crippen LogP contribution is 2.23. The molecule has 0 unspecified atom stereocenters. The summed E-state index contributed by atoms with van der Waals surface area (Å²) in [5.74, 6) is 0.0239. The largest absolute Gasteiger partial charge is 0.289 e. The van der Waals surface area contributed by atoms with Crippen LogP contribution in [0.3, 0.4) is 0 Å². The summed E-state index contributed by atoms with van der Waals surface area (Å²) in [6.45, 7) is 3.96. The summed E-state index contributed by atoms with van der Waals surface area (Å²) in [5.41, 5.74) is 2.89. The predicted molar refractivity (Wildman–Crippen MR) is 77.4 cm³/mol. The van der Waals surface area contributed by atoms with Gasteiger partial charge in [-0.1, -0.05) is 41.6 Å². The Hall–Kier alpha value is -1.39. The molecule has 1 heterocycles. The molecule has 0 amide bonds. The quantitative estimate of drug-likeness (QED) is 0.475. The van der Waals surface area contributed by atoms with Crippen molar-refractivity contribution in [3.63, 3.8) is 0 Å². The number of aryl methyl sites for hydroxylation is 2. The molecule has 2 nitrogen and oxygen atoms in total. The Labute approximate surface area is 115 Å². The molecule has 4 heteroatoms. The zero-order valence-electron chi connectivity index (χ0n) is 10.2. The number of thiazole rings is 1. The van der Waals surface area contributed by atoms with Crippen LogP contribution in [0, 0.1) is 13.8 Å². The molecule has 0 atom stereocenters. The molecule has 0 aliphatic rings. The van der Waals surface area contributed by atoms with E-state index in [2.05, 4.69) is 4.98 Å². The number of carbonyl (C=O) groups is 1. The van der Waals surface area contributed by atoms with Crippen LogP contribution in [0.4, 0.5) is 0 Å². The van der Waals surface area contributed by atoms with Gasteiger partial charge in [0.05, 0.1) is 0 Å². The van der Waals surface area contributed by atoms with Crippen LogP contribution in [-0.2, 0) is 0 Å². The Bertz CT molecular complexity index is 570. The van der Waals surface area contributed by atoms with E-state index in [-0.39, 0.29) is 5.78 Å². The first kappa shape index (κ1) is 13.1. The summed E-state index contributed by atoms with van der Waals surface area (Å²) >= 11 is 3.06. The molecule has 2 rings (SSSR count). The lowest BCUT2D eigenvalue weighted by atomic mass is 10.1. The topological polar surface area (TPSA) is 30.0 Å². The van der Waals surface area contributed by atoms with Gasteiger partial charge in [0.1, 0.15) is 0 Å². The van der Waals surface area contributed by atoms with Gasteiger partial charge in [0.2, 0.25) is 0 Å². The van der Waals surface area contributed by atoms with Gasteiger partial charge in [-0.3, -0.25) is 4.79 Å². The van der Waals surface area contributed by atoms with Crippen LogP contribution < -0.4 is 0 Å². The molecule has 0 radical (unpaired) electrons. The molecular weight excluding hydrogens is 262 g/mol. The molecule has 1 aromatic carbocycles. The highest BCUT2D eigenvalue weighted by Gasteiger charge is 2.01. The van der Waals surface area contributed by atoms with Crippen molar-refractivity contribution in [1.29, 1.82) is 0 Å². The van der Waals surface area contributed by atoms with E-state index in [9.17, 15) is 4.79 Å². The summed E-state index contributed by atoms with van der Waals surface area (Å²) in [7, 11) is 0. The highest BCUT2D eigenvalue weighted by molar-refractivity contribution is 8.03. The van der Waals surface area contributed by atoms with Crippen molar-refractivity contribution in [3.8, 4) is 0 Å². The van der Waals surface area contributed by atoms with Gasteiger partial charge in [-0.2, -0.15) is 0 Å². The molecule has 0 saturated heterocycles. The number of aromatic nitrogens is 1. The first-order chi connectivity index (χ1) is 8.65. The smallest absolute Gasteiger partial charge is 0.186 e. The van der Waals surface area contributed by atoms with E-state index in [1.54, 1.807) is 22.8 Å². The number of nitrogens with zero attached hydrogens (tertiary/aromatic N) is 1. The summed E-state index contributed by atoms with van der Waals surface area (Å²) in [5, 5.41) is 3.79. The van der Waals surface area contributed by atoms with Gasteiger partial charge in [-0.25, -0.2) is 4.98 Å². The second-order valence-corrected chi connectivity index (χ2v) is 5.92.